The van der Waals surface area contributed by atoms with E-state index in [2.05, 4.69) is 230 Å². The van der Waals surface area contributed by atoms with Gasteiger partial charge in [0.05, 0.1) is 38.6 Å². The molecule has 2 aliphatic carbocycles. The Balaban J connectivity index is 0.000000266. The molecule has 0 atom stereocenters. The summed E-state index contributed by atoms with van der Waals surface area (Å²) in [5.41, 5.74) is 10.5. The van der Waals surface area contributed by atoms with Gasteiger partial charge in [0, 0.05) is 34.1 Å². The SMILES string of the molecule is CC1CCC(c2cc(C(C)(C)C)c(O)c(C(C)(C)C)c2)CC1.CCCC1CCC(C2COC(c3cc(C(C)(C)C)c(O)c(C(C)(C)C)c3)OC2)CC1.CCCC1COC(c2cc(C(C)(C)C)c(O)c(C(C)(C)C)c2)OC1.CCCCCCCCCCCCCCCCOC(=O)c1cc(C(C)(C)C)c(O)c(C(C)(C)C)c1. The number of esters is 1. The van der Waals surface area contributed by atoms with Crippen molar-refractivity contribution in [1.29, 1.82) is 0 Å². The first kappa shape index (κ1) is 96.0. The molecule has 0 unspecified atom stereocenters. The number of carbonyl (C=O) groups excluding carboxylic acids is 1. The van der Waals surface area contributed by atoms with Crippen LogP contribution in [0.5, 0.6) is 23.0 Å². The number of unbranched alkanes of at least 4 members (excludes halogenated alkanes) is 13. The molecule has 4 fully saturated rings. The lowest BCUT2D eigenvalue weighted by Gasteiger charge is -2.38. The number of ether oxygens (including phenoxy) is 5. The molecule has 0 bridgehead atoms. The molecule has 0 aromatic heterocycles. The Kier molecular flexibility index (Phi) is 36.9. The van der Waals surface area contributed by atoms with E-state index in [1.165, 1.54) is 147 Å². The Bertz CT molecular complexity index is 3230. The highest BCUT2D eigenvalue weighted by molar-refractivity contribution is 5.90. The van der Waals surface area contributed by atoms with Crippen LogP contribution in [0.15, 0.2) is 48.5 Å². The molecule has 0 spiro atoms. The Labute approximate surface area is 674 Å². The van der Waals surface area contributed by atoms with Crippen molar-refractivity contribution < 1.29 is 48.9 Å². The van der Waals surface area contributed by atoms with Crippen LogP contribution in [0.25, 0.3) is 0 Å². The molecule has 4 N–H and O–H groups in total. The van der Waals surface area contributed by atoms with E-state index >= 15 is 0 Å². The molecule has 2 saturated carbocycles. The number of hydrogen-bond donors (Lipinski definition) is 4. The van der Waals surface area contributed by atoms with E-state index in [1.54, 1.807) is 12.1 Å². The van der Waals surface area contributed by atoms with Gasteiger partial charge in [-0.2, -0.15) is 0 Å². The van der Waals surface area contributed by atoms with Gasteiger partial charge in [0.25, 0.3) is 0 Å². The van der Waals surface area contributed by atoms with E-state index in [9.17, 15) is 25.2 Å². The zero-order valence-electron chi connectivity index (χ0n) is 75.9. The molecular formula is C100H166O10. The van der Waals surface area contributed by atoms with Gasteiger partial charge in [-0.15, -0.1) is 0 Å². The molecule has 2 saturated heterocycles. The lowest BCUT2D eigenvalue weighted by molar-refractivity contribution is -0.214. The first-order valence-electron chi connectivity index (χ1n) is 44.2. The van der Waals surface area contributed by atoms with Gasteiger partial charge in [0.1, 0.15) is 23.0 Å². The fraction of sp³-hybridized carbons (Fsp3) is 0.750. The lowest BCUT2D eigenvalue weighted by Crippen LogP contribution is -2.34. The van der Waals surface area contributed by atoms with Gasteiger partial charge in [-0.25, -0.2) is 4.79 Å². The normalized spacial score (nSPS) is 21.2. The van der Waals surface area contributed by atoms with E-state index in [4.69, 9.17) is 23.7 Å². The van der Waals surface area contributed by atoms with E-state index < -0.39 is 0 Å². The minimum absolute atomic E-state index is 0.0257. The summed E-state index contributed by atoms with van der Waals surface area (Å²) in [7, 11) is 0. The van der Waals surface area contributed by atoms with Crippen molar-refractivity contribution in [2.45, 2.75) is 423 Å². The van der Waals surface area contributed by atoms with Gasteiger partial charge in [-0.05, 0) is 181 Å². The number of rotatable bonds is 24. The van der Waals surface area contributed by atoms with Crippen LogP contribution < -0.4 is 0 Å². The second kappa shape index (κ2) is 42.3. The molecule has 2 heterocycles. The van der Waals surface area contributed by atoms with Crippen molar-refractivity contribution in [1.82, 2.24) is 0 Å². The summed E-state index contributed by atoms with van der Waals surface area (Å²) < 4.78 is 30.1. The average molecular weight is 1530 g/mol. The monoisotopic (exact) mass is 1530 g/mol. The molecular weight excluding hydrogens is 1360 g/mol. The summed E-state index contributed by atoms with van der Waals surface area (Å²) in [6.07, 6.45) is 33.4. The second-order valence-electron chi connectivity index (χ2n) is 42.5. The molecule has 626 valence electrons. The van der Waals surface area contributed by atoms with Crippen LogP contribution in [0.3, 0.4) is 0 Å². The summed E-state index contributed by atoms with van der Waals surface area (Å²) in [4.78, 5) is 12.7. The quantitative estimate of drug-likeness (QED) is 0.0395. The highest BCUT2D eigenvalue weighted by atomic mass is 16.7. The number of phenols is 4. The number of benzene rings is 4. The van der Waals surface area contributed by atoms with Crippen LogP contribution in [-0.4, -0.2) is 59.4 Å². The number of carbonyl (C=O) groups is 1. The van der Waals surface area contributed by atoms with Crippen LogP contribution in [0.2, 0.25) is 0 Å². The zero-order chi connectivity index (χ0) is 82.5. The highest BCUT2D eigenvalue weighted by Crippen LogP contribution is 2.48. The van der Waals surface area contributed by atoms with E-state index in [0.717, 1.165) is 125 Å². The van der Waals surface area contributed by atoms with Crippen LogP contribution in [0.1, 0.15) is 451 Å². The third-order valence-electron chi connectivity index (χ3n) is 23.8. The maximum absolute atomic E-state index is 12.7. The largest absolute Gasteiger partial charge is 0.507 e. The van der Waals surface area contributed by atoms with E-state index in [-0.39, 0.29) is 61.9 Å². The van der Waals surface area contributed by atoms with Gasteiger partial charge in [-0.1, -0.05) is 334 Å². The summed E-state index contributed by atoms with van der Waals surface area (Å²) in [6, 6.07) is 16.5. The maximum Gasteiger partial charge on any atom is 0.338 e. The molecule has 4 aliphatic rings. The topological polar surface area (TPSA) is 144 Å². The van der Waals surface area contributed by atoms with Gasteiger partial charge in [0.2, 0.25) is 0 Å². The van der Waals surface area contributed by atoms with E-state index in [0.29, 0.717) is 52.9 Å². The van der Waals surface area contributed by atoms with Crippen LogP contribution in [-0.2, 0) is 67.0 Å². The molecule has 8 rings (SSSR count). The summed E-state index contributed by atoms with van der Waals surface area (Å²) in [5.74, 6) is 5.56. The summed E-state index contributed by atoms with van der Waals surface area (Å²) in [5, 5.41) is 43.4. The van der Waals surface area contributed by atoms with Gasteiger partial charge in [0.15, 0.2) is 12.6 Å². The lowest BCUT2D eigenvalue weighted by atomic mass is 9.74. The van der Waals surface area contributed by atoms with Crippen molar-refractivity contribution >= 4 is 5.97 Å². The molecule has 0 radical (unpaired) electrons. The summed E-state index contributed by atoms with van der Waals surface area (Å²) in [6.45, 7) is 63.8. The predicted octanol–water partition coefficient (Wildman–Crippen LogP) is 28.6. The zero-order valence-corrected chi connectivity index (χ0v) is 75.9. The molecule has 2 aliphatic heterocycles. The Hall–Kier alpha value is -4.61. The fourth-order valence-corrected chi connectivity index (χ4v) is 16.6. The number of phenolic OH excluding ortho intramolecular Hbond substituents is 4. The second-order valence-corrected chi connectivity index (χ2v) is 42.5. The van der Waals surface area contributed by atoms with Crippen LogP contribution >= 0.6 is 0 Å². The fourth-order valence-electron chi connectivity index (χ4n) is 16.6. The van der Waals surface area contributed by atoms with Crippen molar-refractivity contribution in [3.63, 3.8) is 0 Å². The molecule has 110 heavy (non-hydrogen) atoms. The van der Waals surface area contributed by atoms with Crippen LogP contribution in [0, 0.1) is 29.6 Å². The number of hydrogen-bond acceptors (Lipinski definition) is 10. The van der Waals surface area contributed by atoms with Gasteiger partial charge in [-0.3, -0.25) is 0 Å². The molecule has 4 aromatic rings. The Morgan fingerprint density at radius 2 is 0.618 bits per heavy atom. The summed E-state index contributed by atoms with van der Waals surface area (Å²) >= 11 is 0. The Morgan fingerprint density at radius 3 is 0.927 bits per heavy atom. The number of aromatic hydroxyl groups is 4. The van der Waals surface area contributed by atoms with Gasteiger partial charge >= 0.3 is 5.97 Å². The van der Waals surface area contributed by atoms with Crippen molar-refractivity contribution in [2.75, 3.05) is 33.0 Å². The third kappa shape index (κ3) is 29.9. The third-order valence-corrected chi connectivity index (χ3v) is 23.8. The van der Waals surface area contributed by atoms with Gasteiger partial charge < -0.3 is 44.1 Å². The Morgan fingerprint density at radius 1 is 0.336 bits per heavy atom. The minimum Gasteiger partial charge on any atom is -0.507 e. The average Bonchev–Trinajstić information content (AvgIpc) is 0.772. The smallest absolute Gasteiger partial charge is 0.338 e. The van der Waals surface area contributed by atoms with Crippen molar-refractivity contribution in [3.05, 3.63) is 115 Å². The maximum atomic E-state index is 12.7. The highest BCUT2D eigenvalue weighted by Gasteiger charge is 2.37. The molecule has 0 amide bonds. The van der Waals surface area contributed by atoms with Crippen LogP contribution in [0.4, 0.5) is 0 Å². The first-order valence-corrected chi connectivity index (χ1v) is 44.2. The predicted molar refractivity (Wildman–Crippen MR) is 465 cm³/mol. The first-order chi connectivity index (χ1) is 51.0. The minimum atomic E-state index is -0.333. The molecule has 10 heteroatoms. The van der Waals surface area contributed by atoms with Crippen molar-refractivity contribution in [2.24, 2.45) is 29.6 Å². The molecule has 10 nitrogen and oxygen atoms in total. The van der Waals surface area contributed by atoms with E-state index in [1.807, 2.05) is 0 Å². The standard InChI is InChI=1S/C31H54O3.C27H44O3.C21H34O3.C21H34O/c1-8-9-10-11-12-13-14-15-16-17-18-19-20-21-22-34-29(33)25-23-26(30(2,3)4)28(32)27(24-25)31(5,6)7;1-8-9-18-10-12-19(13-11-18)21-16-29-25(30-17-21)20-14-22(26(2,3)4)24(28)23(15-20)27(5,6)7;1-8-9-14-12-23-19(24-13-14)15-10-16(20(2,3)4)18(22)17(11-15)21(5,6)7;1-14-8-10-15(11-9-14)16-12-17(20(2,3)4)19(22)18(13-16)21(5,6)7/h23-24,32H,8-22H2,1-7H3;14-15,18-19,21,25,28H,8-13,16-17H2,1-7H3;10-11,14,19,22H,8-9,12-13H2,1-7H3;12-15,22H,8-11H2,1-7H3. The molecule has 4 aromatic carbocycles. The van der Waals surface area contributed by atoms with Crippen molar-refractivity contribution in [3.8, 4) is 23.0 Å².